The van der Waals surface area contributed by atoms with Gasteiger partial charge in [0.05, 0.1) is 23.5 Å². The molecule has 5 nitrogen and oxygen atoms in total. The molecule has 0 bridgehead atoms. The van der Waals surface area contributed by atoms with E-state index in [-0.39, 0.29) is 11.6 Å². The molecule has 0 saturated heterocycles. The molecule has 1 aromatic rings. The molecule has 0 radical (unpaired) electrons. The average molecular weight is 240 g/mol. The Morgan fingerprint density at radius 1 is 1.53 bits per heavy atom. The topological polar surface area (TPSA) is 66.0 Å². The van der Waals surface area contributed by atoms with E-state index in [1.807, 2.05) is 10.9 Å². The molecular weight excluding hydrogens is 216 g/mol. The summed E-state index contributed by atoms with van der Waals surface area (Å²) in [5.41, 5.74) is 6.74. The molecule has 1 heterocycles. The fraction of sp³-hybridized carbons (Fsp3) is 0.833. The quantitative estimate of drug-likeness (QED) is 0.790. The van der Waals surface area contributed by atoms with Crippen molar-refractivity contribution in [1.29, 1.82) is 0 Å². The van der Waals surface area contributed by atoms with Gasteiger partial charge in [0.2, 0.25) is 0 Å². The molecule has 0 saturated carbocycles. The van der Waals surface area contributed by atoms with E-state index in [4.69, 9.17) is 10.5 Å². The number of ether oxygens (including phenoxy) is 1. The van der Waals surface area contributed by atoms with Crippen LogP contribution in [-0.2, 0) is 11.3 Å². The molecule has 1 atom stereocenters. The summed E-state index contributed by atoms with van der Waals surface area (Å²) < 4.78 is 7.20. The van der Waals surface area contributed by atoms with E-state index in [0.717, 1.165) is 31.5 Å². The second-order valence-corrected chi connectivity index (χ2v) is 5.02. The zero-order valence-electron chi connectivity index (χ0n) is 11.3. The molecule has 1 aromatic heterocycles. The first kappa shape index (κ1) is 14.1. The summed E-state index contributed by atoms with van der Waals surface area (Å²) >= 11 is 0. The van der Waals surface area contributed by atoms with Crippen molar-refractivity contribution in [3.05, 3.63) is 11.9 Å². The van der Waals surface area contributed by atoms with Crippen LogP contribution in [0.25, 0.3) is 0 Å². The Morgan fingerprint density at radius 2 is 2.24 bits per heavy atom. The Labute approximate surface area is 103 Å². The fourth-order valence-corrected chi connectivity index (χ4v) is 1.54. The van der Waals surface area contributed by atoms with Gasteiger partial charge in [-0.15, -0.1) is 5.10 Å². The van der Waals surface area contributed by atoms with Gasteiger partial charge in [0.1, 0.15) is 0 Å². The summed E-state index contributed by atoms with van der Waals surface area (Å²) in [6, 6.07) is 0.00388. The van der Waals surface area contributed by atoms with Crippen molar-refractivity contribution in [2.75, 3.05) is 7.11 Å². The molecule has 0 aromatic carbocycles. The summed E-state index contributed by atoms with van der Waals surface area (Å²) in [5.74, 6) is 0. The van der Waals surface area contributed by atoms with E-state index in [1.54, 1.807) is 7.11 Å². The van der Waals surface area contributed by atoms with Gasteiger partial charge in [0.25, 0.3) is 0 Å². The zero-order chi connectivity index (χ0) is 12.9. The maximum atomic E-state index is 5.99. The van der Waals surface area contributed by atoms with Crippen molar-refractivity contribution in [3.8, 4) is 0 Å². The number of nitrogens with zero attached hydrogens (tertiary/aromatic N) is 3. The predicted molar refractivity (Wildman–Crippen MR) is 67.6 cm³/mol. The molecule has 2 N–H and O–H groups in total. The highest BCUT2D eigenvalue weighted by molar-refractivity contribution is 4.99. The highest BCUT2D eigenvalue weighted by atomic mass is 16.5. The van der Waals surface area contributed by atoms with Crippen molar-refractivity contribution in [1.82, 2.24) is 15.0 Å². The minimum atomic E-state index is -0.127. The maximum Gasteiger partial charge on any atom is 0.0994 e. The van der Waals surface area contributed by atoms with E-state index in [1.165, 1.54) is 0 Å². The van der Waals surface area contributed by atoms with Crippen LogP contribution in [0.15, 0.2) is 6.20 Å². The number of hydrogen-bond acceptors (Lipinski definition) is 4. The first-order chi connectivity index (χ1) is 7.98. The van der Waals surface area contributed by atoms with Crippen LogP contribution in [0.5, 0.6) is 0 Å². The Hall–Kier alpha value is -0.940. The van der Waals surface area contributed by atoms with Gasteiger partial charge >= 0.3 is 0 Å². The summed E-state index contributed by atoms with van der Waals surface area (Å²) in [4.78, 5) is 0. The summed E-state index contributed by atoms with van der Waals surface area (Å²) in [6.07, 6.45) is 4.84. The van der Waals surface area contributed by atoms with Crippen LogP contribution in [0.1, 0.15) is 51.8 Å². The Kier molecular flexibility index (Phi) is 5.08. The van der Waals surface area contributed by atoms with Gasteiger partial charge in [-0.05, 0) is 26.7 Å². The summed E-state index contributed by atoms with van der Waals surface area (Å²) in [6.45, 7) is 7.04. The van der Waals surface area contributed by atoms with Gasteiger partial charge in [-0.25, -0.2) is 0 Å². The molecule has 0 aliphatic rings. The molecule has 98 valence electrons. The first-order valence-electron chi connectivity index (χ1n) is 6.19. The van der Waals surface area contributed by atoms with Crippen LogP contribution in [0.2, 0.25) is 0 Å². The number of rotatable bonds is 7. The highest BCUT2D eigenvalue weighted by Gasteiger charge is 2.17. The van der Waals surface area contributed by atoms with Crippen molar-refractivity contribution >= 4 is 0 Å². The SMILES string of the molecule is CCCC(N)c1cn(CCC(C)(C)OC)nn1. The number of hydrogen-bond donors (Lipinski definition) is 1. The molecule has 0 aliphatic heterocycles. The summed E-state index contributed by atoms with van der Waals surface area (Å²) in [7, 11) is 1.73. The van der Waals surface area contributed by atoms with Crippen LogP contribution in [0.3, 0.4) is 0 Å². The number of nitrogens with two attached hydrogens (primary N) is 1. The van der Waals surface area contributed by atoms with Gasteiger partial charge in [0, 0.05) is 13.7 Å². The van der Waals surface area contributed by atoms with Crippen LogP contribution in [-0.4, -0.2) is 27.7 Å². The van der Waals surface area contributed by atoms with E-state index in [0.29, 0.717) is 0 Å². The minimum absolute atomic E-state index is 0.00388. The van der Waals surface area contributed by atoms with Crippen LogP contribution in [0.4, 0.5) is 0 Å². The monoisotopic (exact) mass is 240 g/mol. The molecule has 0 aliphatic carbocycles. The zero-order valence-corrected chi connectivity index (χ0v) is 11.3. The van der Waals surface area contributed by atoms with E-state index in [9.17, 15) is 0 Å². The predicted octanol–water partition coefficient (Wildman–Crippen LogP) is 1.89. The van der Waals surface area contributed by atoms with Crippen LogP contribution >= 0.6 is 0 Å². The van der Waals surface area contributed by atoms with E-state index < -0.39 is 0 Å². The van der Waals surface area contributed by atoms with Gasteiger partial charge < -0.3 is 10.5 Å². The molecule has 0 amide bonds. The standard InChI is InChI=1S/C12H24N4O/c1-5-6-10(13)11-9-16(15-14-11)8-7-12(2,3)17-4/h9-10H,5-8,13H2,1-4H3. The molecule has 1 unspecified atom stereocenters. The number of aryl methyl sites for hydroxylation is 1. The van der Waals surface area contributed by atoms with Gasteiger partial charge in [0.15, 0.2) is 0 Å². The second kappa shape index (κ2) is 6.12. The Morgan fingerprint density at radius 3 is 2.82 bits per heavy atom. The van der Waals surface area contributed by atoms with Gasteiger partial charge in [-0.3, -0.25) is 4.68 Å². The lowest BCUT2D eigenvalue weighted by atomic mass is 10.1. The van der Waals surface area contributed by atoms with Crippen LogP contribution < -0.4 is 5.73 Å². The largest absolute Gasteiger partial charge is 0.379 e. The smallest absolute Gasteiger partial charge is 0.0994 e. The number of aromatic nitrogens is 3. The second-order valence-electron chi connectivity index (χ2n) is 5.02. The third kappa shape index (κ3) is 4.44. The molecular formula is C12H24N4O. The molecule has 5 heteroatoms. The highest BCUT2D eigenvalue weighted by Crippen LogP contribution is 2.15. The maximum absolute atomic E-state index is 5.99. The molecule has 0 spiro atoms. The lowest BCUT2D eigenvalue weighted by Crippen LogP contribution is -2.24. The van der Waals surface area contributed by atoms with Crippen molar-refractivity contribution in [2.45, 2.75) is 58.2 Å². The van der Waals surface area contributed by atoms with E-state index in [2.05, 4.69) is 31.1 Å². The Bertz CT molecular complexity index is 335. The van der Waals surface area contributed by atoms with Crippen molar-refractivity contribution in [3.63, 3.8) is 0 Å². The average Bonchev–Trinajstić information content (AvgIpc) is 2.76. The third-order valence-electron chi connectivity index (χ3n) is 3.03. The van der Waals surface area contributed by atoms with Crippen LogP contribution in [0, 0.1) is 0 Å². The molecule has 1 rings (SSSR count). The lowest BCUT2D eigenvalue weighted by Gasteiger charge is -2.22. The van der Waals surface area contributed by atoms with E-state index >= 15 is 0 Å². The summed E-state index contributed by atoms with van der Waals surface area (Å²) in [5, 5.41) is 8.20. The first-order valence-corrected chi connectivity index (χ1v) is 6.19. The van der Waals surface area contributed by atoms with Crippen molar-refractivity contribution < 1.29 is 4.74 Å². The lowest BCUT2D eigenvalue weighted by molar-refractivity contribution is 0.0112. The minimum Gasteiger partial charge on any atom is -0.379 e. The molecule has 0 fully saturated rings. The van der Waals surface area contributed by atoms with Gasteiger partial charge in [-0.1, -0.05) is 18.6 Å². The molecule has 17 heavy (non-hydrogen) atoms. The third-order valence-corrected chi connectivity index (χ3v) is 3.03. The number of methoxy groups -OCH3 is 1. The van der Waals surface area contributed by atoms with Gasteiger partial charge in [-0.2, -0.15) is 0 Å². The van der Waals surface area contributed by atoms with Crippen molar-refractivity contribution in [2.24, 2.45) is 5.73 Å². The normalized spacial score (nSPS) is 13.9. The fourth-order valence-electron chi connectivity index (χ4n) is 1.54. The Balaban J connectivity index is 2.51.